The van der Waals surface area contributed by atoms with Gasteiger partial charge < -0.3 is 5.32 Å². The molecule has 1 saturated carbocycles. The number of hydrogen-bond acceptors (Lipinski definition) is 3. The Morgan fingerprint density at radius 3 is 3.00 bits per heavy atom. The number of rotatable bonds is 3. The molecule has 1 aliphatic carbocycles. The Morgan fingerprint density at radius 2 is 2.25 bits per heavy atom. The van der Waals surface area contributed by atoms with Crippen LogP contribution in [0.25, 0.3) is 0 Å². The van der Waals surface area contributed by atoms with E-state index in [4.69, 9.17) is 11.6 Å². The Bertz CT molecular complexity index is 346. The standard InChI is InChI=1S/C12H17ClN2S/c1-16-11-7-3-2-6-10(11)15-12-9(13)5-4-8-14-12/h4-5,8,10-11H,2-3,6-7H2,1H3,(H,14,15). The van der Waals surface area contributed by atoms with Gasteiger partial charge in [0.2, 0.25) is 0 Å². The van der Waals surface area contributed by atoms with Gasteiger partial charge in [-0.05, 0) is 31.2 Å². The summed E-state index contributed by atoms with van der Waals surface area (Å²) in [6.07, 6.45) is 9.14. The molecule has 1 aliphatic rings. The van der Waals surface area contributed by atoms with E-state index in [-0.39, 0.29) is 0 Å². The highest BCUT2D eigenvalue weighted by atomic mass is 35.5. The Kier molecular flexibility index (Phi) is 4.36. The molecule has 16 heavy (non-hydrogen) atoms. The zero-order valence-corrected chi connectivity index (χ0v) is 11.0. The highest BCUT2D eigenvalue weighted by Crippen LogP contribution is 2.30. The lowest BCUT2D eigenvalue weighted by Gasteiger charge is -2.31. The molecular formula is C12H17ClN2S. The van der Waals surface area contributed by atoms with Crippen LogP contribution in [0.15, 0.2) is 18.3 Å². The van der Waals surface area contributed by atoms with Gasteiger partial charge in [0, 0.05) is 17.5 Å². The maximum absolute atomic E-state index is 6.10. The van der Waals surface area contributed by atoms with Gasteiger partial charge in [-0.25, -0.2) is 4.98 Å². The van der Waals surface area contributed by atoms with Crippen molar-refractivity contribution >= 4 is 29.2 Å². The first-order valence-electron chi connectivity index (χ1n) is 5.71. The fourth-order valence-corrected chi connectivity index (χ4v) is 3.32. The average Bonchev–Trinajstić information content (AvgIpc) is 2.33. The van der Waals surface area contributed by atoms with Crippen molar-refractivity contribution in [2.45, 2.75) is 37.0 Å². The van der Waals surface area contributed by atoms with Crippen LogP contribution in [0, 0.1) is 0 Å². The van der Waals surface area contributed by atoms with E-state index in [1.54, 1.807) is 6.20 Å². The number of pyridine rings is 1. The summed E-state index contributed by atoms with van der Waals surface area (Å²) in [6, 6.07) is 4.25. The summed E-state index contributed by atoms with van der Waals surface area (Å²) in [6.45, 7) is 0. The minimum atomic E-state index is 0.510. The first-order chi connectivity index (χ1) is 7.81. The van der Waals surface area contributed by atoms with Crippen LogP contribution < -0.4 is 5.32 Å². The van der Waals surface area contributed by atoms with Gasteiger partial charge in [-0.15, -0.1) is 0 Å². The maximum Gasteiger partial charge on any atom is 0.145 e. The van der Waals surface area contributed by atoms with Crippen LogP contribution in [-0.2, 0) is 0 Å². The van der Waals surface area contributed by atoms with E-state index in [2.05, 4.69) is 16.6 Å². The Hall–Kier alpha value is -0.410. The quantitative estimate of drug-likeness (QED) is 0.890. The minimum Gasteiger partial charge on any atom is -0.365 e. The van der Waals surface area contributed by atoms with E-state index in [1.807, 2.05) is 23.9 Å². The molecular weight excluding hydrogens is 240 g/mol. The number of halogens is 1. The maximum atomic E-state index is 6.10. The molecule has 0 saturated heterocycles. The minimum absolute atomic E-state index is 0.510. The molecule has 0 aromatic carbocycles. The van der Waals surface area contributed by atoms with Crippen LogP contribution in [0.1, 0.15) is 25.7 Å². The molecule has 88 valence electrons. The van der Waals surface area contributed by atoms with Gasteiger partial charge in [-0.2, -0.15) is 11.8 Å². The monoisotopic (exact) mass is 256 g/mol. The van der Waals surface area contributed by atoms with Gasteiger partial charge in [-0.1, -0.05) is 24.4 Å². The van der Waals surface area contributed by atoms with Crippen LogP contribution in [-0.4, -0.2) is 22.5 Å². The summed E-state index contributed by atoms with van der Waals surface area (Å²) >= 11 is 8.05. The molecule has 2 unspecified atom stereocenters. The molecule has 2 atom stereocenters. The first kappa shape index (κ1) is 12.1. The predicted octanol–water partition coefficient (Wildman–Crippen LogP) is 3.82. The first-order valence-corrected chi connectivity index (χ1v) is 7.37. The van der Waals surface area contributed by atoms with Crippen molar-refractivity contribution in [3.63, 3.8) is 0 Å². The van der Waals surface area contributed by atoms with Crippen LogP contribution in [0.4, 0.5) is 5.82 Å². The van der Waals surface area contributed by atoms with Gasteiger partial charge >= 0.3 is 0 Å². The molecule has 4 heteroatoms. The van der Waals surface area contributed by atoms with Crippen molar-refractivity contribution in [2.75, 3.05) is 11.6 Å². The number of thioether (sulfide) groups is 1. The van der Waals surface area contributed by atoms with E-state index in [9.17, 15) is 0 Å². The summed E-state index contributed by atoms with van der Waals surface area (Å²) in [5, 5.41) is 4.89. The summed E-state index contributed by atoms with van der Waals surface area (Å²) in [5.41, 5.74) is 0. The van der Waals surface area contributed by atoms with Gasteiger partial charge in [-0.3, -0.25) is 0 Å². The van der Waals surface area contributed by atoms with Crippen LogP contribution in [0.5, 0.6) is 0 Å². The van der Waals surface area contributed by atoms with E-state index in [0.717, 1.165) is 5.82 Å². The van der Waals surface area contributed by atoms with Crippen LogP contribution in [0.3, 0.4) is 0 Å². The predicted molar refractivity (Wildman–Crippen MR) is 72.4 cm³/mol. The second-order valence-corrected chi connectivity index (χ2v) is 5.63. The molecule has 1 aromatic heterocycles. The molecule has 1 heterocycles. The lowest BCUT2D eigenvalue weighted by molar-refractivity contribution is 0.474. The van der Waals surface area contributed by atoms with E-state index < -0.39 is 0 Å². The Labute approximate surface area is 106 Å². The van der Waals surface area contributed by atoms with Crippen molar-refractivity contribution in [1.82, 2.24) is 4.98 Å². The lowest BCUT2D eigenvalue weighted by Crippen LogP contribution is -2.34. The SMILES string of the molecule is CSC1CCCCC1Nc1ncccc1Cl. The molecule has 2 rings (SSSR count). The van der Waals surface area contributed by atoms with Crippen LogP contribution in [0.2, 0.25) is 5.02 Å². The highest BCUT2D eigenvalue weighted by Gasteiger charge is 2.24. The second-order valence-electron chi connectivity index (χ2n) is 4.14. The highest BCUT2D eigenvalue weighted by molar-refractivity contribution is 7.99. The second kappa shape index (κ2) is 5.78. The number of anilines is 1. The number of nitrogens with zero attached hydrogens (tertiary/aromatic N) is 1. The van der Waals surface area contributed by atoms with Crippen molar-refractivity contribution in [3.05, 3.63) is 23.4 Å². The van der Waals surface area contributed by atoms with E-state index in [0.29, 0.717) is 16.3 Å². The molecule has 0 bridgehead atoms. The summed E-state index contributed by atoms with van der Waals surface area (Å²) in [4.78, 5) is 4.29. The summed E-state index contributed by atoms with van der Waals surface area (Å²) < 4.78 is 0. The molecule has 1 N–H and O–H groups in total. The molecule has 0 aliphatic heterocycles. The summed E-state index contributed by atoms with van der Waals surface area (Å²) in [7, 11) is 0. The molecule has 1 fully saturated rings. The van der Waals surface area contributed by atoms with Gasteiger partial charge in [0.1, 0.15) is 5.82 Å². The Balaban J connectivity index is 2.05. The molecule has 2 nitrogen and oxygen atoms in total. The third kappa shape index (κ3) is 2.83. The fraction of sp³-hybridized carbons (Fsp3) is 0.583. The number of aromatic nitrogens is 1. The molecule has 0 spiro atoms. The topological polar surface area (TPSA) is 24.9 Å². The Morgan fingerprint density at radius 1 is 1.44 bits per heavy atom. The van der Waals surface area contributed by atoms with Gasteiger partial charge in [0.05, 0.1) is 5.02 Å². The fourth-order valence-electron chi connectivity index (χ4n) is 2.21. The van der Waals surface area contributed by atoms with Crippen LogP contribution >= 0.6 is 23.4 Å². The molecule has 1 aromatic rings. The third-order valence-corrected chi connectivity index (χ3v) is 4.56. The zero-order chi connectivity index (χ0) is 11.4. The average molecular weight is 257 g/mol. The molecule has 0 amide bonds. The van der Waals surface area contributed by atoms with Crippen molar-refractivity contribution in [3.8, 4) is 0 Å². The normalized spacial score (nSPS) is 25.4. The zero-order valence-electron chi connectivity index (χ0n) is 9.45. The van der Waals surface area contributed by atoms with Crippen molar-refractivity contribution in [2.24, 2.45) is 0 Å². The molecule has 0 radical (unpaired) electrons. The smallest absolute Gasteiger partial charge is 0.145 e. The third-order valence-electron chi connectivity index (χ3n) is 3.09. The lowest BCUT2D eigenvalue weighted by atomic mass is 9.95. The van der Waals surface area contributed by atoms with E-state index >= 15 is 0 Å². The van der Waals surface area contributed by atoms with E-state index in [1.165, 1.54) is 25.7 Å². The number of nitrogens with one attached hydrogen (secondary N) is 1. The summed E-state index contributed by atoms with van der Waals surface area (Å²) in [5.74, 6) is 0.829. The van der Waals surface area contributed by atoms with Crippen molar-refractivity contribution in [1.29, 1.82) is 0 Å². The van der Waals surface area contributed by atoms with Crippen molar-refractivity contribution < 1.29 is 0 Å². The largest absolute Gasteiger partial charge is 0.365 e. The van der Waals surface area contributed by atoms with Gasteiger partial charge in [0.15, 0.2) is 0 Å². The number of hydrogen-bond donors (Lipinski definition) is 1. The van der Waals surface area contributed by atoms with Gasteiger partial charge in [0.25, 0.3) is 0 Å².